The second-order valence-electron chi connectivity index (χ2n) is 4.41. The predicted molar refractivity (Wildman–Crippen MR) is 82.3 cm³/mol. The van der Waals surface area contributed by atoms with Gasteiger partial charge in [-0.3, -0.25) is 0 Å². The highest BCUT2D eigenvalue weighted by Crippen LogP contribution is 2.32. The largest absolute Gasteiger partial charge is 0.487 e. The van der Waals surface area contributed by atoms with Crippen LogP contribution in [0.2, 0.25) is 5.02 Å². The SMILES string of the molecule is COCCOc1c(Cl)cccc1NC(=O)NC(C)COC. The van der Waals surface area contributed by atoms with Gasteiger partial charge in [0, 0.05) is 14.2 Å². The first-order valence-electron chi connectivity index (χ1n) is 6.55. The molecule has 1 atom stereocenters. The Morgan fingerprint density at radius 3 is 2.71 bits per heavy atom. The lowest BCUT2D eigenvalue weighted by molar-refractivity contribution is 0.146. The second-order valence-corrected chi connectivity index (χ2v) is 4.82. The Hall–Kier alpha value is -1.50. The first-order valence-corrected chi connectivity index (χ1v) is 6.93. The quantitative estimate of drug-likeness (QED) is 0.723. The average molecular weight is 317 g/mol. The van der Waals surface area contributed by atoms with Crippen LogP contribution in [0.3, 0.4) is 0 Å². The van der Waals surface area contributed by atoms with E-state index < -0.39 is 0 Å². The molecule has 118 valence electrons. The molecular formula is C14H21ClN2O4. The van der Waals surface area contributed by atoms with Crippen LogP contribution in [-0.2, 0) is 9.47 Å². The number of para-hydroxylation sites is 1. The van der Waals surface area contributed by atoms with E-state index in [1.165, 1.54) is 0 Å². The number of carbonyl (C=O) groups excluding carboxylic acids is 1. The molecule has 0 aliphatic heterocycles. The number of hydrogen-bond donors (Lipinski definition) is 2. The van der Waals surface area contributed by atoms with Gasteiger partial charge in [0.15, 0.2) is 5.75 Å². The summed E-state index contributed by atoms with van der Waals surface area (Å²) in [7, 11) is 3.16. The van der Waals surface area contributed by atoms with Crippen molar-refractivity contribution in [2.24, 2.45) is 0 Å². The number of ether oxygens (including phenoxy) is 3. The number of urea groups is 1. The summed E-state index contributed by atoms with van der Waals surface area (Å²) in [5, 5.41) is 5.88. The Morgan fingerprint density at radius 1 is 1.29 bits per heavy atom. The predicted octanol–water partition coefficient (Wildman–Crippen LogP) is 2.52. The normalized spacial score (nSPS) is 11.8. The molecule has 0 aliphatic rings. The third-order valence-electron chi connectivity index (χ3n) is 2.54. The van der Waals surface area contributed by atoms with Gasteiger partial charge in [-0.2, -0.15) is 0 Å². The van der Waals surface area contributed by atoms with E-state index in [-0.39, 0.29) is 12.1 Å². The summed E-state index contributed by atoms with van der Waals surface area (Å²) in [6.07, 6.45) is 0. The first kappa shape index (κ1) is 17.6. The third kappa shape index (κ3) is 6.20. The van der Waals surface area contributed by atoms with Crippen molar-refractivity contribution < 1.29 is 19.0 Å². The van der Waals surface area contributed by atoms with Gasteiger partial charge >= 0.3 is 6.03 Å². The van der Waals surface area contributed by atoms with Gasteiger partial charge in [0.25, 0.3) is 0 Å². The van der Waals surface area contributed by atoms with E-state index in [2.05, 4.69) is 10.6 Å². The van der Waals surface area contributed by atoms with Gasteiger partial charge in [-0.15, -0.1) is 0 Å². The van der Waals surface area contributed by atoms with Crippen LogP contribution in [0, 0.1) is 0 Å². The smallest absolute Gasteiger partial charge is 0.319 e. The number of rotatable bonds is 8. The van der Waals surface area contributed by atoms with Gasteiger partial charge in [-0.1, -0.05) is 17.7 Å². The molecule has 0 radical (unpaired) electrons. The maximum Gasteiger partial charge on any atom is 0.319 e. The van der Waals surface area contributed by atoms with Crippen LogP contribution in [0.1, 0.15) is 6.92 Å². The van der Waals surface area contributed by atoms with Gasteiger partial charge in [-0.05, 0) is 19.1 Å². The van der Waals surface area contributed by atoms with E-state index in [4.69, 9.17) is 25.8 Å². The summed E-state index contributed by atoms with van der Waals surface area (Å²) >= 11 is 6.09. The molecule has 0 bridgehead atoms. The number of anilines is 1. The van der Waals surface area contributed by atoms with Crippen LogP contribution in [0.25, 0.3) is 0 Å². The Balaban J connectivity index is 2.68. The fraction of sp³-hybridized carbons (Fsp3) is 0.500. The van der Waals surface area contributed by atoms with Crippen LogP contribution >= 0.6 is 11.6 Å². The molecule has 0 fully saturated rings. The van der Waals surface area contributed by atoms with Crippen LogP contribution in [0.5, 0.6) is 5.75 Å². The van der Waals surface area contributed by atoms with Crippen LogP contribution < -0.4 is 15.4 Å². The van der Waals surface area contributed by atoms with Crippen molar-refractivity contribution in [1.29, 1.82) is 0 Å². The molecule has 0 aromatic heterocycles. The van der Waals surface area contributed by atoms with Gasteiger partial charge in [0.1, 0.15) is 6.61 Å². The summed E-state index contributed by atoms with van der Waals surface area (Å²) in [5.74, 6) is 0.422. The van der Waals surface area contributed by atoms with Crippen molar-refractivity contribution in [3.8, 4) is 5.75 Å². The average Bonchev–Trinajstić information content (AvgIpc) is 2.42. The number of hydrogen-bond acceptors (Lipinski definition) is 4. The summed E-state index contributed by atoms with van der Waals surface area (Å²) in [6, 6.07) is 4.69. The lowest BCUT2D eigenvalue weighted by Crippen LogP contribution is -2.38. The molecule has 1 aromatic rings. The van der Waals surface area contributed by atoms with E-state index in [0.29, 0.717) is 36.3 Å². The van der Waals surface area contributed by atoms with Crippen LogP contribution in [0.4, 0.5) is 10.5 Å². The first-order chi connectivity index (χ1) is 10.1. The lowest BCUT2D eigenvalue weighted by atomic mass is 10.3. The Bertz CT molecular complexity index is 457. The van der Waals surface area contributed by atoms with Crippen molar-refractivity contribution in [1.82, 2.24) is 5.32 Å². The van der Waals surface area contributed by atoms with Crippen molar-refractivity contribution in [2.75, 3.05) is 39.4 Å². The Morgan fingerprint density at radius 2 is 2.05 bits per heavy atom. The molecular weight excluding hydrogens is 296 g/mol. The minimum Gasteiger partial charge on any atom is -0.487 e. The molecule has 1 rings (SSSR count). The monoisotopic (exact) mass is 316 g/mol. The minimum atomic E-state index is -0.349. The Labute approximate surface area is 129 Å². The molecule has 1 unspecified atom stereocenters. The van der Waals surface area contributed by atoms with Gasteiger partial charge in [-0.25, -0.2) is 4.79 Å². The van der Waals surface area contributed by atoms with Crippen molar-refractivity contribution in [3.05, 3.63) is 23.2 Å². The molecule has 6 nitrogen and oxygen atoms in total. The van der Waals surface area contributed by atoms with E-state index in [0.717, 1.165) is 0 Å². The fourth-order valence-electron chi connectivity index (χ4n) is 1.65. The van der Waals surface area contributed by atoms with Crippen LogP contribution in [0.15, 0.2) is 18.2 Å². The van der Waals surface area contributed by atoms with Crippen LogP contribution in [-0.4, -0.2) is 46.1 Å². The molecule has 7 heteroatoms. The standard InChI is InChI=1S/C14H21ClN2O4/c1-10(9-20-3)16-14(18)17-12-6-4-5-11(15)13(12)21-8-7-19-2/h4-6,10H,7-9H2,1-3H3,(H2,16,17,18). The molecule has 0 saturated heterocycles. The summed E-state index contributed by atoms with van der Waals surface area (Å²) in [4.78, 5) is 11.9. The molecule has 2 N–H and O–H groups in total. The topological polar surface area (TPSA) is 68.8 Å². The van der Waals surface area contributed by atoms with E-state index in [1.807, 2.05) is 6.92 Å². The maximum atomic E-state index is 11.9. The third-order valence-corrected chi connectivity index (χ3v) is 2.84. The van der Waals surface area contributed by atoms with Gasteiger partial charge in [0.05, 0.1) is 30.0 Å². The highest BCUT2D eigenvalue weighted by molar-refractivity contribution is 6.32. The number of methoxy groups -OCH3 is 2. The molecule has 0 spiro atoms. The van der Waals surface area contributed by atoms with E-state index in [1.54, 1.807) is 32.4 Å². The molecule has 1 aromatic carbocycles. The summed E-state index contributed by atoms with van der Waals surface area (Å²) in [6.45, 7) is 3.05. The molecule has 21 heavy (non-hydrogen) atoms. The zero-order valence-electron chi connectivity index (χ0n) is 12.4. The van der Waals surface area contributed by atoms with Crippen molar-refractivity contribution in [2.45, 2.75) is 13.0 Å². The second kappa shape index (κ2) is 9.44. The number of nitrogens with one attached hydrogen (secondary N) is 2. The van der Waals surface area contributed by atoms with E-state index in [9.17, 15) is 4.79 Å². The molecule has 2 amide bonds. The zero-order chi connectivity index (χ0) is 15.7. The van der Waals surface area contributed by atoms with E-state index >= 15 is 0 Å². The fourth-order valence-corrected chi connectivity index (χ4v) is 1.88. The van der Waals surface area contributed by atoms with Gasteiger partial charge in [0.2, 0.25) is 0 Å². The molecule has 0 aliphatic carbocycles. The number of amides is 2. The molecule has 0 heterocycles. The summed E-state index contributed by atoms with van der Waals surface area (Å²) < 4.78 is 15.4. The number of benzene rings is 1. The lowest BCUT2D eigenvalue weighted by Gasteiger charge is -2.16. The summed E-state index contributed by atoms with van der Waals surface area (Å²) in [5.41, 5.74) is 0.501. The highest BCUT2D eigenvalue weighted by atomic mass is 35.5. The molecule has 0 saturated carbocycles. The number of halogens is 1. The van der Waals surface area contributed by atoms with Crippen molar-refractivity contribution >= 4 is 23.3 Å². The Kier molecular flexibility index (Phi) is 7.89. The zero-order valence-corrected chi connectivity index (χ0v) is 13.2. The van der Waals surface area contributed by atoms with Crippen molar-refractivity contribution in [3.63, 3.8) is 0 Å². The highest BCUT2D eigenvalue weighted by Gasteiger charge is 2.13. The maximum absolute atomic E-state index is 11.9. The number of carbonyl (C=O) groups is 1. The van der Waals surface area contributed by atoms with Gasteiger partial charge < -0.3 is 24.8 Å². The minimum absolute atomic E-state index is 0.105.